The van der Waals surface area contributed by atoms with E-state index in [1.54, 1.807) is 0 Å². The van der Waals surface area contributed by atoms with Gasteiger partial charge in [-0.2, -0.15) is 0 Å². The van der Waals surface area contributed by atoms with Crippen molar-refractivity contribution < 1.29 is 0 Å². The Kier molecular flexibility index (Phi) is 8.62. The number of hydrogen-bond acceptors (Lipinski definition) is 0. The molecule has 0 amide bonds. The summed E-state index contributed by atoms with van der Waals surface area (Å²) in [6.07, 6.45) is 0. The maximum Gasteiger partial charge on any atom is 0.0541 e. The summed E-state index contributed by atoms with van der Waals surface area (Å²) in [7, 11) is 0. The van der Waals surface area contributed by atoms with Gasteiger partial charge in [-0.3, -0.25) is 0 Å². The van der Waals surface area contributed by atoms with Crippen LogP contribution in [0, 0.1) is 0 Å². The van der Waals surface area contributed by atoms with E-state index in [9.17, 15) is 0 Å². The number of aromatic nitrogens is 2. The van der Waals surface area contributed by atoms with Crippen molar-refractivity contribution in [1.29, 1.82) is 0 Å². The molecule has 0 aliphatic carbocycles. The quantitative estimate of drug-likeness (QED) is 0.158. The van der Waals surface area contributed by atoms with Gasteiger partial charge < -0.3 is 9.13 Å². The van der Waals surface area contributed by atoms with Crippen LogP contribution >= 0.6 is 0 Å². The first-order chi connectivity index (χ1) is 33.7. The monoisotopic (exact) mass is 862 g/mol. The standard InChI is InChI=1S/C66H42N2/c1-3-11-49-39-57(33-29-43(49)9-1)67-63-15-7-5-13-59(63)61-41-55(31-35-65(61)67)47-21-17-45(18-22-47)51-25-27-54-38-52(26-28-53(54)37-51)46-19-23-48(24-20-46)56-32-36-66-62(42-56)60-14-6-8-16-64(60)68(66)58-34-30-44-10-2-4-12-50(44)40-58/h1-42H. The van der Waals surface area contributed by atoms with Gasteiger partial charge >= 0.3 is 0 Å². The smallest absolute Gasteiger partial charge is 0.0541 e. The van der Waals surface area contributed by atoms with Gasteiger partial charge in [-0.05, 0) is 150 Å². The molecule has 14 rings (SSSR count). The van der Waals surface area contributed by atoms with E-state index in [1.165, 1.54) is 132 Å². The zero-order valence-electron chi connectivity index (χ0n) is 37.1. The third-order valence-corrected chi connectivity index (χ3v) is 14.3. The number of benzene rings is 12. The fourth-order valence-electron chi connectivity index (χ4n) is 10.8. The van der Waals surface area contributed by atoms with Crippen LogP contribution in [0.25, 0.3) is 132 Å². The first-order valence-electron chi connectivity index (χ1n) is 23.5. The van der Waals surface area contributed by atoms with E-state index in [2.05, 4.69) is 264 Å². The Bertz CT molecular complexity index is 4020. The summed E-state index contributed by atoms with van der Waals surface area (Å²) in [6.45, 7) is 0. The van der Waals surface area contributed by atoms with E-state index in [4.69, 9.17) is 0 Å². The van der Waals surface area contributed by atoms with Gasteiger partial charge in [0.15, 0.2) is 0 Å². The topological polar surface area (TPSA) is 9.86 Å². The fraction of sp³-hybridized carbons (Fsp3) is 0. The maximum atomic E-state index is 2.40. The van der Waals surface area contributed by atoms with Gasteiger partial charge in [-0.25, -0.2) is 0 Å². The first-order valence-corrected chi connectivity index (χ1v) is 23.5. The van der Waals surface area contributed by atoms with Crippen molar-refractivity contribution in [2.24, 2.45) is 0 Å². The molecule has 0 radical (unpaired) electrons. The highest BCUT2D eigenvalue weighted by molar-refractivity contribution is 6.12. The average Bonchev–Trinajstić information content (AvgIpc) is 3.92. The molecule has 0 saturated heterocycles. The van der Waals surface area contributed by atoms with Gasteiger partial charge in [-0.1, -0.05) is 182 Å². The summed E-state index contributed by atoms with van der Waals surface area (Å²) in [5, 5.41) is 12.5. The molecule has 68 heavy (non-hydrogen) atoms. The maximum absolute atomic E-state index is 2.40. The molecule has 0 aliphatic heterocycles. The molecule has 316 valence electrons. The van der Waals surface area contributed by atoms with Gasteiger partial charge in [-0.15, -0.1) is 0 Å². The van der Waals surface area contributed by atoms with Crippen LogP contribution in [-0.4, -0.2) is 9.13 Å². The summed E-state index contributed by atoms with van der Waals surface area (Å²) in [6, 6.07) is 93.8. The number of hydrogen-bond donors (Lipinski definition) is 0. The largest absolute Gasteiger partial charge is 0.309 e. The number of nitrogens with zero attached hydrogens (tertiary/aromatic N) is 2. The van der Waals surface area contributed by atoms with Crippen LogP contribution in [0.5, 0.6) is 0 Å². The summed E-state index contributed by atoms with van der Waals surface area (Å²) in [5.74, 6) is 0. The Morgan fingerprint density at radius 3 is 0.897 bits per heavy atom. The zero-order chi connectivity index (χ0) is 44.7. The van der Waals surface area contributed by atoms with Crippen LogP contribution in [0.4, 0.5) is 0 Å². The van der Waals surface area contributed by atoms with E-state index >= 15 is 0 Å². The summed E-state index contributed by atoms with van der Waals surface area (Å²) < 4.78 is 4.80. The second kappa shape index (κ2) is 15.3. The number of fused-ring (bicyclic) bond motifs is 9. The van der Waals surface area contributed by atoms with Crippen LogP contribution in [0.1, 0.15) is 0 Å². The fourth-order valence-corrected chi connectivity index (χ4v) is 10.8. The highest BCUT2D eigenvalue weighted by Gasteiger charge is 2.16. The Morgan fingerprint density at radius 1 is 0.176 bits per heavy atom. The molecule has 2 aromatic heterocycles. The third kappa shape index (κ3) is 6.26. The summed E-state index contributed by atoms with van der Waals surface area (Å²) >= 11 is 0. The van der Waals surface area contributed by atoms with Crippen LogP contribution in [0.2, 0.25) is 0 Å². The summed E-state index contributed by atoms with van der Waals surface area (Å²) in [5.41, 5.74) is 16.9. The molecule has 0 spiro atoms. The average molecular weight is 863 g/mol. The van der Waals surface area contributed by atoms with Gasteiger partial charge in [0.25, 0.3) is 0 Å². The van der Waals surface area contributed by atoms with Crippen LogP contribution in [0.3, 0.4) is 0 Å². The van der Waals surface area contributed by atoms with Crippen molar-refractivity contribution in [3.05, 3.63) is 255 Å². The van der Waals surface area contributed by atoms with Crippen molar-refractivity contribution in [3.63, 3.8) is 0 Å². The van der Waals surface area contributed by atoms with Gasteiger partial charge in [0.1, 0.15) is 0 Å². The van der Waals surface area contributed by atoms with E-state index in [1.807, 2.05) is 0 Å². The predicted molar refractivity (Wildman–Crippen MR) is 289 cm³/mol. The van der Waals surface area contributed by atoms with Crippen molar-refractivity contribution in [3.8, 4) is 55.9 Å². The molecule has 0 bridgehead atoms. The minimum absolute atomic E-state index is 1.18. The van der Waals surface area contributed by atoms with Gasteiger partial charge in [0.2, 0.25) is 0 Å². The Hall–Kier alpha value is -8.98. The lowest BCUT2D eigenvalue weighted by molar-refractivity contribution is 1.19. The summed E-state index contributed by atoms with van der Waals surface area (Å²) in [4.78, 5) is 0. The molecule has 0 unspecified atom stereocenters. The molecule has 0 atom stereocenters. The highest BCUT2D eigenvalue weighted by atomic mass is 15.0. The van der Waals surface area contributed by atoms with Crippen LogP contribution in [-0.2, 0) is 0 Å². The second-order valence-corrected chi connectivity index (χ2v) is 18.2. The lowest BCUT2D eigenvalue weighted by Crippen LogP contribution is -1.93. The van der Waals surface area contributed by atoms with Crippen molar-refractivity contribution >= 4 is 75.9 Å². The van der Waals surface area contributed by atoms with E-state index < -0.39 is 0 Å². The molecule has 0 fully saturated rings. The highest BCUT2D eigenvalue weighted by Crippen LogP contribution is 2.39. The van der Waals surface area contributed by atoms with E-state index in [0.29, 0.717) is 0 Å². The minimum atomic E-state index is 1.18. The Balaban J connectivity index is 0.727. The van der Waals surface area contributed by atoms with Crippen LogP contribution < -0.4 is 0 Å². The van der Waals surface area contributed by atoms with Crippen LogP contribution in [0.15, 0.2) is 255 Å². The van der Waals surface area contributed by atoms with Gasteiger partial charge in [0.05, 0.1) is 22.1 Å². The van der Waals surface area contributed by atoms with E-state index in [-0.39, 0.29) is 0 Å². The van der Waals surface area contributed by atoms with Crippen molar-refractivity contribution in [2.45, 2.75) is 0 Å². The number of para-hydroxylation sites is 2. The van der Waals surface area contributed by atoms with Crippen molar-refractivity contribution in [2.75, 3.05) is 0 Å². The molecule has 2 heteroatoms. The minimum Gasteiger partial charge on any atom is -0.309 e. The SMILES string of the molecule is c1ccc2cc(-n3c4ccccc4c4cc(-c5ccc(-c6ccc7cc(-c8ccc(-c9ccc%10c(c9)c9ccccc9n%10-c9ccc%10ccccc%10c9)cc8)ccc7c6)cc5)ccc43)ccc2c1. The molecule has 12 aromatic carbocycles. The molecule has 14 aromatic rings. The Labute approximate surface area is 393 Å². The predicted octanol–water partition coefficient (Wildman–Crippen LogP) is 18.0. The van der Waals surface area contributed by atoms with Crippen molar-refractivity contribution in [1.82, 2.24) is 9.13 Å². The normalized spacial score (nSPS) is 11.8. The lowest BCUT2D eigenvalue weighted by Gasteiger charge is -2.11. The van der Waals surface area contributed by atoms with E-state index in [0.717, 1.165) is 0 Å². The number of rotatable bonds is 6. The first kappa shape index (κ1) is 38.3. The molecule has 0 saturated carbocycles. The molecule has 2 heterocycles. The van der Waals surface area contributed by atoms with Gasteiger partial charge in [0, 0.05) is 32.9 Å². The molecular formula is C66H42N2. The molecule has 2 nitrogen and oxygen atoms in total. The zero-order valence-corrected chi connectivity index (χ0v) is 37.1. The molecule has 0 aliphatic rings. The molecular weight excluding hydrogens is 821 g/mol. The molecule has 0 N–H and O–H groups in total. The Morgan fingerprint density at radius 2 is 0.471 bits per heavy atom. The lowest BCUT2D eigenvalue weighted by atomic mass is 9.95. The third-order valence-electron chi connectivity index (χ3n) is 14.3. The second-order valence-electron chi connectivity index (χ2n) is 18.2.